The van der Waals surface area contributed by atoms with Crippen molar-refractivity contribution in [3.8, 4) is 5.75 Å². The number of methoxy groups -OCH3 is 1. The average molecular weight is 466 g/mol. The molecule has 1 aliphatic rings. The predicted octanol–water partition coefficient (Wildman–Crippen LogP) is 2.29. The molecule has 2 aromatic rings. The Kier molecular flexibility index (Phi) is 8.10. The lowest BCUT2D eigenvalue weighted by Gasteiger charge is -2.36. The van der Waals surface area contributed by atoms with Crippen molar-refractivity contribution in [2.45, 2.75) is 25.9 Å². The minimum atomic E-state index is -3.21. The third kappa shape index (κ3) is 6.77. The van der Waals surface area contributed by atoms with Crippen LogP contribution < -0.4 is 4.74 Å². The van der Waals surface area contributed by atoms with Crippen LogP contribution in [-0.2, 0) is 27.8 Å². The Morgan fingerprint density at radius 2 is 1.84 bits per heavy atom. The molecule has 1 fully saturated rings. The van der Waals surface area contributed by atoms with Crippen molar-refractivity contribution in [2.75, 3.05) is 46.1 Å². The van der Waals surface area contributed by atoms with Gasteiger partial charge in [0.2, 0.25) is 15.9 Å². The molecule has 0 aliphatic carbocycles. The first kappa shape index (κ1) is 23.7. The Labute approximate surface area is 189 Å². The lowest BCUT2D eigenvalue weighted by Crippen LogP contribution is -2.53. The maximum atomic E-state index is 13.1. The number of ether oxygens (including phenoxy) is 1. The number of benzene rings is 1. The molecular formula is C22H31N3O4S2. The molecule has 1 amide bonds. The number of hydrogen-bond donors (Lipinski definition) is 0. The Hall–Kier alpha value is -1.94. The zero-order valence-corrected chi connectivity index (χ0v) is 20.0. The lowest BCUT2D eigenvalue weighted by molar-refractivity contribution is -0.134. The summed E-state index contributed by atoms with van der Waals surface area (Å²) in [7, 11) is -1.57. The van der Waals surface area contributed by atoms with Crippen LogP contribution in [0.5, 0.6) is 5.75 Å². The van der Waals surface area contributed by atoms with E-state index in [2.05, 4.69) is 23.3 Å². The summed E-state index contributed by atoms with van der Waals surface area (Å²) in [6.45, 7) is 4.69. The highest BCUT2D eigenvalue weighted by Crippen LogP contribution is 2.19. The van der Waals surface area contributed by atoms with E-state index in [1.165, 1.54) is 15.4 Å². The van der Waals surface area contributed by atoms with Crippen molar-refractivity contribution in [2.24, 2.45) is 0 Å². The van der Waals surface area contributed by atoms with Crippen molar-refractivity contribution >= 4 is 27.3 Å². The quantitative estimate of drug-likeness (QED) is 0.568. The Balaban J connectivity index is 1.67. The van der Waals surface area contributed by atoms with Crippen molar-refractivity contribution in [3.63, 3.8) is 0 Å². The molecule has 1 aromatic carbocycles. The minimum absolute atomic E-state index is 0.0414. The molecule has 170 valence electrons. The van der Waals surface area contributed by atoms with Gasteiger partial charge in [-0.25, -0.2) is 8.42 Å². The van der Waals surface area contributed by atoms with Gasteiger partial charge in [0, 0.05) is 43.6 Å². The smallest absolute Gasteiger partial charge is 0.236 e. The standard InChI is InChI=1S/C22H31N3O4S2/c1-18(15-21-5-4-14-30-21)24(16-19-6-8-20(29-2)9-7-19)17-22(26)23-10-12-25(13-11-23)31(3,27)28/h4-9,14,18H,10-13,15-17H2,1-3H3. The number of sulfonamides is 1. The van der Waals surface area contributed by atoms with Crippen LogP contribution in [0.25, 0.3) is 0 Å². The fourth-order valence-electron chi connectivity index (χ4n) is 3.72. The van der Waals surface area contributed by atoms with E-state index in [1.807, 2.05) is 30.3 Å². The van der Waals surface area contributed by atoms with E-state index in [0.29, 0.717) is 39.3 Å². The van der Waals surface area contributed by atoms with E-state index in [4.69, 9.17) is 4.74 Å². The first-order valence-electron chi connectivity index (χ1n) is 10.4. The number of carbonyl (C=O) groups excluding carboxylic acids is 1. The number of carbonyl (C=O) groups is 1. The first-order chi connectivity index (χ1) is 14.8. The van der Waals surface area contributed by atoms with Crippen LogP contribution in [-0.4, -0.2) is 80.6 Å². The maximum absolute atomic E-state index is 13.1. The largest absolute Gasteiger partial charge is 0.497 e. The van der Waals surface area contributed by atoms with Gasteiger partial charge in [-0.1, -0.05) is 18.2 Å². The third-order valence-electron chi connectivity index (χ3n) is 5.64. The van der Waals surface area contributed by atoms with E-state index in [9.17, 15) is 13.2 Å². The van der Waals surface area contributed by atoms with Crippen molar-refractivity contribution in [1.29, 1.82) is 0 Å². The van der Waals surface area contributed by atoms with Gasteiger partial charge in [-0.3, -0.25) is 9.69 Å². The summed E-state index contributed by atoms with van der Waals surface area (Å²) in [6, 6.07) is 12.3. The molecule has 0 N–H and O–H groups in total. The zero-order chi connectivity index (χ0) is 22.4. The molecule has 0 spiro atoms. The molecule has 31 heavy (non-hydrogen) atoms. The van der Waals surface area contributed by atoms with Gasteiger partial charge in [-0.2, -0.15) is 4.31 Å². The second kappa shape index (κ2) is 10.6. The molecule has 1 unspecified atom stereocenters. The normalized spacial score (nSPS) is 16.5. The van der Waals surface area contributed by atoms with Gasteiger partial charge in [0.15, 0.2) is 0 Å². The molecule has 0 bridgehead atoms. The third-order valence-corrected chi connectivity index (χ3v) is 7.85. The molecule has 0 radical (unpaired) electrons. The van der Waals surface area contributed by atoms with Gasteiger partial charge >= 0.3 is 0 Å². The molecule has 7 nitrogen and oxygen atoms in total. The highest BCUT2D eigenvalue weighted by molar-refractivity contribution is 7.88. The van der Waals surface area contributed by atoms with Crippen LogP contribution in [0.1, 0.15) is 17.4 Å². The van der Waals surface area contributed by atoms with E-state index >= 15 is 0 Å². The summed E-state index contributed by atoms with van der Waals surface area (Å²) in [5.41, 5.74) is 1.12. The highest BCUT2D eigenvalue weighted by Gasteiger charge is 2.28. The number of rotatable bonds is 9. The summed E-state index contributed by atoms with van der Waals surface area (Å²) < 4.78 is 30.2. The van der Waals surface area contributed by atoms with Crippen molar-refractivity contribution in [1.82, 2.24) is 14.1 Å². The SMILES string of the molecule is COc1ccc(CN(CC(=O)N2CCN(S(C)(=O)=O)CC2)C(C)Cc2cccs2)cc1. The second-order valence-electron chi connectivity index (χ2n) is 7.93. The van der Waals surface area contributed by atoms with Crippen molar-refractivity contribution < 1.29 is 17.9 Å². The monoisotopic (exact) mass is 465 g/mol. The van der Waals surface area contributed by atoms with E-state index in [0.717, 1.165) is 17.7 Å². The van der Waals surface area contributed by atoms with Crippen LogP contribution >= 0.6 is 11.3 Å². The van der Waals surface area contributed by atoms with Gasteiger partial charge in [0.1, 0.15) is 5.75 Å². The van der Waals surface area contributed by atoms with Gasteiger partial charge in [0.25, 0.3) is 0 Å². The molecule has 2 heterocycles. The minimum Gasteiger partial charge on any atom is -0.497 e. The number of piperazine rings is 1. The highest BCUT2D eigenvalue weighted by atomic mass is 32.2. The fourth-order valence-corrected chi connectivity index (χ4v) is 5.38. The van der Waals surface area contributed by atoms with E-state index < -0.39 is 10.0 Å². The molecule has 1 atom stereocenters. The Bertz CT molecular complexity index is 938. The van der Waals surface area contributed by atoms with Crippen LogP contribution in [0, 0.1) is 0 Å². The molecule has 9 heteroatoms. The maximum Gasteiger partial charge on any atom is 0.236 e. The molecule has 1 aliphatic heterocycles. The van der Waals surface area contributed by atoms with Crippen molar-refractivity contribution in [3.05, 3.63) is 52.2 Å². The molecular weight excluding hydrogens is 434 g/mol. The van der Waals surface area contributed by atoms with Crippen LogP contribution in [0.15, 0.2) is 41.8 Å². The first-order valence-corrected chi connectivity index (χ1v) is 13.1. The average Bonchev–Trinajstić information content (AvgIpc) is 3.26. The summed E-state index contributed by atoms with van der Waals surface area (Å²) in [5.74, 6) is 0.849. The van der Waals surface area contributed by atoms with Gasteiger partial charge in [0.05, 0.1) is 19.9 Å². The summed E-state index contributed by atoms with van der Waals surface area (Å²) in [6.07, 6.45) is 2.09. The number of hydrogen-bond acceptors (Lipinski definition) is 6. The second-order valence-corrected chi connectivity index (χ2v) is 10.9. The summed E-state index contributed by atoms with van der Waals surface area (Å²) in [4.78, 5) is 18.3. The zero-order valence-electron chi connectivity index (χ0n) is 18.4. The predicted molar refractivity (Wildman–Crippen MR) is 124 cm³/mol. The van der Waals surface area contributed by atoms with Gasteiger partial charge in [-0.05, 0) is 42.5 Å². The molecule has 3 rings (SSSR count). The summed E-state index contributed by atoms with van der Waals surface area (Å²) >= 11 is 1.73. The lowest BCUT2D eigenvalue weighted by atomic mass is 10.1. The Morgan fingerprint density at radius 3 is 2.39 bits per heavy atom. The topological polar surface area (TPSA) is 70.2 Å². The van der Waals surface area contributed by atoms with Gasteiger partial charge < -0.3 is 9.64 Å². The van der Waals surface area contributed by atoms with Crippen LogP contribution in [0.4, 0.5) is 0 Å². The number of thiophene rings is 1. The summed E-state index contributed by atoms with van der Waals surface area (Å²) in [5, 5.41) is 2.07. The van der Waals surface area contributed by atoms with Crippen LogP contribution in [0.2, 0.25) is 0 Å². The van der Waals surface area contributed by atoms with E-state index in [-0.39, 0.29) is 11.9 Å². The fraction of sp³-hybridized carbons (Fsp3) is 0.500. The number of nitrogens with zero attached hydrogens (tertiary/aromatic N) is 3. The van der Waals surface area contributed by atoms with Crippen LogP contribution in [0.3, 0.4) is 0 Å². The van der Waals surface area contributed by atoms with E-state index in [1.54, 1.807) is 23.3 Å². The molecule has 1 saturated heterocycles. The van der Waals surface area contributed by atoms with Gasteiger partial charge in [-0.15, -0.1) is 11.3 Å². The molecule has 0 saturated carbocycles. The Morgan fingerprint density at radius 1 is 1.16 bits per heavy atom. The molecule has 1 aromatic heterocycles. The number of amides is 1.